The van der Waals surface area contributed by atoms with E-state index in [0.717, 1.165) is 12.8 Å². The van der Waals surface area contributed by atoms with Gasteiger partial charge >= 0.3 is 5.97 Å². The third kappa shape index (κ3) is 3.04. The molecule has 9 heteroatoms. The number of aliphatic hydroxyl groups is 1. The number of ether oxygens (including phenoxy) is 3. The molecule has 0 aromatic rings. The highest BCUT2D eigenvalue weighted by Gasteiger charge is 2.75. The van der Waals surface area contributed by atoms with Crippen LogP contribution >= 0.6 is 11.8 Å². The van der Waals surface area contributed by atoms with Crippen LogP contribution in [0.4, 0.5) is 8.78 Å². The third-order valence-electron chi connectivity index (χ3n) is 10.0. The number of esters is 1. The van der Waals surface area contributed by atoms with Crippen LogP contribution in [0.1, 0.15) is 65.7 Å². The zero-order valence-electron chi connectivity index (χ0n) is 20.9. The van der Waals surface area contributed by atoms with Gasteiger partial charge in [0.25, 0.3) is 0 Å². The maximum Gasteiger partial charge on any atom is 0.319 e. The standard InChI is InChI=1S/C27H34F2O6S/c1-4-5-21-34-22-17(30)11-15-16(28)10-14-13-6-7-20(36-18-8-9-33-24(18)32)25(13,2)12-19(31)27(14,29)26(15,3)23(22)35-21/h11,13-14,16,18-21,31H,4-10,12H2,1-3H3/t13-,14-,16-,18+,19-,20+,21?,25-,26+,27-/m0/s1. The second kappa shape index (κ2) is 8.19. The molecule has 36 heavy (non-hydrogen) atoms. The van der Waals surface area contributed by atoms with Gasteiger partial charge in [-0.2, -0.15) is 0 Å². The van der Waals surface area contributed by atoms with E-state index in [9.17, 15) is 14.7 Å². The molecule has 198 valence electrons. The van der Waals surface area contributed by atoms with E-state index in [1.54, 1.807) is 18.7 Å². The van der Waals surface area contributed by atoms with E-state index in [2.05, 4.69) is 6.92 Å². The summed E-state index contributed by atoms with van der Waals surface area (Å²) >= 11 is 1.58. The van der Waals surface area contributed by atoms with Crippen molar-refractivity contribution in [1.29, 1.82) is 0 Å². The molecule has 2 aliphatic heterocycles. The first-order valence-corrected chi connectivity index (χ1v) is 14.2. The van der Waals surface area contributed by atoms with Crippen molar-refractivity contribution in [3.8, 4) is 0 Å². The Bertz CT molecular complexity index is 1060. The molecule has 6 aliphatic rings. The van der Waals surface area contributed by atoms with E-state index < -0.39 is 46.8 Å². The van der Waals surface area contributed by atoms with Crippen molar-refractivity contribution in [3.05, 3.63) is 23.2 Å². The van der Waals surface area contributed by atoms with Gasteiger partial charge < -0.3 is 19.3 Å². The fourth-order valence-corrected chi connectivity index (χ4v) is 9.90. The molecule has 1 saturated heterocycles. The van der Waals surface area contributed by atoms with Crippen LogP contribution in [-0.2, 0) is 23.8 Å². The summed E-state index contributed by atoms with van der Waals surface area (Å²) in [4.78, 5) is 25.0. The number of hydrogen-bond donors (Lipinski definition) is 1. The van der Waals surface area contributed by atoms with Crippen molar-refractivity contribution in [3.63, 3.8) is 0 Å². The minimum absolute atomic E-state index is 0.0403. The monoisotopic (exact) mass is 524 g/mol. The Balaban J connectivity index is 1.38. The molecule has 0 radical (unpaired) electrons. The number of halogens is 2. The molecule has 1 unspecified atom stereocenters. The van der Waals surface area contributed by atoms with E-state index in [4.69, 9.17) is 14.2 Å². The van der Waals surface area contributed by atoms with Gasteiger partial charge in [-0.3, -0.25) is 9.59 Å². The summed E-state index contributed by atoms with van der Waals surface area (Å²) < 4.78 is 50.6. The second-order valence-corrected chi connectivity index (χ2v) is 13.2. The van der Waals surface area contributed by atoms with E-state index in [1.165, 1.54) is 6.08 Å². The molecule has 0 bridgehead atoms. The van der Waals surface area contributed by atoms with E-state index in [-0.39, 0.29) is 52.3 Å². The molecule has 0 amide bonds. The first-order valence-electron chi connectivity index (χ1n) is 13.2. The van der Waals surface area contributed by atoms with Crippen molar-refractivity contribution < 1.29 is 37.7 Å². The summed E-state index contributed by atoms with van der Waals surface area (Å²) in [5, 5.41) is 11.4. The zero-order chi connectivity index (χ0) is 25.6. The average molecular weight is 525 g/mol. The Morgan fingerprint density at radius 1 is 1.17 bits per heavy atom. The number of hydrogen-bond acceptors (Lipinski definition) is 7. The van der Waals surface area contributed by atoms with Crippen LogP contribution in [0.5, 0.6) is 0 Å². The minimum atomic E-state index is -2.22. The van der Waals surface area contributed by atoms with Crippen molar-refractivity contribution in [2.75, 3.05) is 6.61 Å². The molecule has 4 aliphatic carbocycles. The molecular formula is C27H34F2O6S. The lowest BCUT2D eigenvalue weighted by atomic mass is 9.45. The Kier molecular flexibility index (Phi) is 5.62. The number of carbonyl (C=O) groups excluding carboxylic acids is 2. The summed E-state index contributed by atoms with van der Waals surface area (Å²) in [6.45, 7) is 6.01. The molecule has 3 saturated carbocycles. The number of fused-ring (bicyclic) bond motifs is 6. The number of ketones is 1. The predicted octanol–water partition coefficient (Wildman–Crippen LogP) is 4.55. The van der Waals surface area contributed by atoms with Crippen molar-refractivity contribution in [2.24, 2.45) is 22.7 Å². The smallest absolute Gasteiger partial charge is 0.319 e. The quantitative estimate of drug-likeness (QED) is 0.541. The third-order valence-corrected chi connectivity index (χ3v) is 11.9. The summed E-state index contributed by atoms with van der Waals surface area (Å²) in [6.07, 6.45) is 1.02. The summed E-state index contributed by atoms with van der Waals surface area (Å²) in [5.74, 6) is -1.66. The fraction of sp³-hybridized carbons (Fsp3) is 0.778. The van der Waals surface area contributed by atoms with E-state index in [1.807, 2.05) is 6.92 Å². The van der Waals surface area contributed by atoms with Gasteiger partial charge in [-0.1, -0.05) is 13.8 Å². The molecule has 6 rings (SSSR count). The molecule has 0 spiro atoms. The van der Waals surface area contributed by atoms with E-state index >= 15 is 8.78 Å². The van der Waals surface area contributed by atoms with Crippen molar-refractivity contribution in [2.45, 2.75) is 100 Å². The highest BCUT2D eigenvalue weighted by atomic mass is 32.2. The number of carbonyl (C=O) groups is 2. The topological polar surface area (TPSA) is 82.1 Å². The first-order chi connectivity index (χ1) is 17.1. The molecule has 1 N–H and O–H groups in total. The van der Waals surface area contributed by atoms with Crippen LogP contribution in [0.25, 0.3) is 0 Å². The number of rotatable bonds is 4. The Labute approximate surface area is 214 Å². The largest absolute Gasteiger partial charge is 0.465 e. The Morgan fingerprint density at radius 3 is 2.64 bits per heavy atom. The van der Waals surface area contributed by atoms with Gasteiger partial charge in [-0.15, -0.1) is 11.8 Å². The predicted molar refractivity (Wildman–Crippen MR) is 128 cm³/mol. The van der Waals surface area contributed by atoms with Crippen LogP contribution in [0.2, 0.25) is 0 Å². The molecule has 2 heterocycles. The van der Waals surface area contributed by atoms with Crippen LogP contribution < -0.4 is 0 Å². The number of thioether (sulfide) groups is 1. The van der Waals surface area contributed by atoms with Crippen LogP contribution in [0.3, 0.4) is 0 Å². The minimum Gasteiger partial charge on any atom is -0.465 e. The lowest BCUT2D eigenvalue weighted by Gasteiger charge is -2.62. The number of alkyl halides is 2. The zero-order valence-corrected chi connectivity index (χ0v) is 21.7. The van der Waals surface area contributed by atoms with Crippen molar-refractivity contribution >= 4 is 23.5 Å². The van der Waals surface area contributed by atoms with Gasteiger partial charge in [-0.25, -0.2) is 8.78 Å². The molecule has 10 atom stereocenters. The summed E-state index contributed by atoms with van der Waals surface area (Å²) in [7, 11) is 0. The summed E-state index contributed by atoms with van der Waals surface area (Å²) in [5.41, 5.74) is -4.26. The molecule has 6 nitrogen and oxygen atoms in total. The Hall–Kier alpha value is -1.61. The SMILES string of the molecule is CCCC1OC2=C(O1)[C@@]1(C)C(=CC2=O)[C@@H](F)C[C@H]2[C@@H]3CC[C@@H](S[C@@H]4CCOC4=O)[C@@]3(C)C[C@H](O)[C@@]21F. The van der Waals surface area contributed by atoms with Gasteiger partial charge in [0.2, 0.25) is 17.8 Å². The van der Waals surface area contributed by atoms with Gasteiger partial charge in [0.15, 0.2) is 11.4 Å². The highest BCUT2D eigenvalue weighted by Crippen LogP contribution is 2.71. The highest BCUT2D eigenvalue weighted by molar-refractivity contribution is 8.01. The second-order valence-electron chi connectivity index (χ2n) is 11.8. The van der Waals surface area contributed by atoms with Gasteiger partial charge in [-0.05, 0) is 62.0 Å². The Morgan fingerprint density at radius 2 is 1.94 bits per heavy atom. The number of aliphatic hydroxyl groups excluding tert-OH is 1. The molecule has 0 aromatic heterocycles. The van der Waals surface area contributed by atoms with Crippen LogP contribution in [-0.4, -0.2) is 58.2 Å². The summed E-state index contributed by atoms with van der Waals surface area (Å²) in [6, 6.07) is 0. The normalized spacial score (nSPS) is 49.4. The van der Waals surface area contributed by atoms with Gasteiger partial charge in [0.05, 0.1) is 18.1 Å². The first kappa shape index (κ1) is 24.7. The maximum atomic E-state index is 17.8. The lowest BCUT2D eigenvalue weighted by Crippen LogP contribution is -2.69. The van der Waals surface area contributed by atoms with E-state index in [0.29, 0.717) is 25.9 Å². The van der Waals surface area contributed by atoms with Crippen molar-refractivity contribution in [1.82, 2.24) is 0 Å². The molecule has 0 aromatic carbocycles. The molecule has 4 fully saturated rings. The van der Waals surface area contributed by atoms with Crippen LogP contribution in [0.15, 0.2) is 23.2 Å². The lowest BCUT2D eigenvalue weighted by molar-refractivity contribution is -0.207. The number of allylic oxidation sites excluding steroid dienone is 2. The fourth-order valence-electron chi connectivity index (χ4n) is 8.23. The average Bonchev–Trinajstić information content (AvgIpc) is 3.52. The van der Waals surface area contributed by atoms with Gasteiger partial charge in [0.1, 0.15) is 11.4 Å². The molecular weight excluding hydrogens is 490 g/mol. The van der Waals surface area contributed by atoms with Crippen LogP contribution in [0, 0.1) is 22.7 Å². The van der Waals surface area contributed by atoms with Gasteiger partial charge in [0, 0.05) is 24.0 Å². The number of cyclic esters (lactones) is 1. The maximum absolute atomic E-state index is 17.8.